The van der Waals surface area contributed by atoms with Crippen LogP contribution in [0.2, 0.25) is 0 Å². The molecule has 3 heterocycles. The molecule has 2 unspecified atom stereocenters. The van der Waals surface area contributed by atoms with E-state index in [1.165, 1.54) is 16.7 Å². The number of hydrogen-bond acceptors (Lipinski definition) is 9. The monoisotopic (exact) mass is 786 g/mol. The average Bonchev–Trinajstić information content (AvgIpc) is 4.09. The molecule has 15 heteroatoms. The van der Waals surface area contributed by atoms with Crippen molar-refractivity contribution in [1.29, 1.82) is 0 Å². The molecule has 0 radical (unpaired) electrons. The first-order chi connectivity index (χ1) is 26.6. The van der Waals surface area contributed by atoms with Gasteiger partial charge in [-0.3, -0.25) is 28.7 Å². The van der Waals surface area contributed by atoms with Crippen LogP contribution in [0.3, 0.4) is 0 Å². The van der Waals surface area contributed by atoms with E-state index in [1.54, 1.807) is 27.0 Å². The summed E-state index contributed by atoms with van der Waals surface area (Å²) in [5.41, 5.74) is -1.65. The number of nitrogens with zero attached hydrogens (tertiary/aromatic N) is 3. The summed E-state index contributed by atoms with van der Waals surface area (Å²) in [6.45, 7) is 5.16. The molecule has 1 aromatic heterocycles. The third-order valence-electron chi connectivity index (χ3n) is 11.4. The third kappa shape index (κ3) is 7.69. The predicted octanol–water partition coefficient (Wildman–Crippen LogP) is 3.75. The van der Waals surface area contributed by atoms with Gasteiger partial charge in [0, 0.05) is 24.3 Å². The zero-order chi connectivity index (χ0) is 40.0. The lowest BCUT2D eigenvalue weighted by atomic mass is 9.94. The van der Waals surface area contributed by atoms with Crippen LogP contribution >= 0.6 is 0 Å². The molecule has 4 aliphatic rings. The molecule has 2 aliphatic carbocycles. The molecule has 2 saturated carbocycles. The van der Waals surface area contributed by atoms with Crippen molar-refractivity contribution < 1.29 is 32.3 Å². The molecule has 1 saturated heterocycles. The van der Waals surface area contributed by atoms with Crippen LogP contribution in [0.25, 0.3) is 21.9 Å². The largest absolute Gasteiger partial charge is 0.491 e. The van der Waals surface area contributed by atoms with Gasteiger partial charge in [0.05, 0.1) is 30.2 Å². The number of ether oxygens (including phenoxy) is 1. The Morgan fingerprint density at radius 1 is 0.982 bits per heavy atom. The molecule has 3 aromatic rings. The number of aromatic nitrogens is 2. The van der Waals surface area contributed by atoms with Crippen molar-refractivity contribution >= 4 is 44.4 Å². The molecule has 4 amide bonds. The number of carbonyl (C=O) groups excluding carboxylic acids is 4. The summed E-state index contributed by atoms with van der Waals surface area (Å²) in [6, 6.07) is 10.6. The van der Waals surface area contributed by atoms with E-state index in [9.17, 15) is 32.4 Å². The maximum Gasteiger partial charge on any atom is 0.310 e. The van der Waals surface area contributed by atoms with E-state index in [2.05, 4.69) is 20.5 Å². The molecule has 3 fully saturated rings. The van der Waals surface area contributed by atoms with Crippen molar-refractivity contribution in [2.75, 3.05) is 13.7 Å². The molecular formula is C41H50N6O8S. The number of sulfonamides is 1. The van der Waals surface area contributed by atoms with Gasteiger partial charge in [-0.25, -0.2) is 13.1 Å². The second-order valence-electron chi connectivity index (χ2n) is 16.6. The van der Waals surface area contributed by atoms with Crippen LogP contribution < -0.4 is 25.7 Å². The number of carbonyl (C=O) groups is 4. The molecule has 3 N–H and O–H groups in total. The molecule has 7 rings (SSSR count). The van der Waals surface area contributed by atoms with Gasteiger partial charge in [-0.2, -0.15) is 5.10 Å². The smallest absolute Gasteiger partial charge is 0.310 e. The minimum Gasteiger partial charge on any atom is -0.491 e. The maximum absolute atomic E-state index is 14.6. The molecule has 2 aliphatic heterocycles. The molecule has 2 aromatic carbocycles. The fraction of sp³-hybridized carbons (Fsp3) is 0.512. The maximum atomic E-state index is 14.6. The van der Waals surface area contributed by atoms with Gasteiger partial charge in [0.2, 0.25) is 27.7 Å². The van der Waals surface area contributed by atoms with Crippen LogP contribution in [0, 0.1) is 11.3 Å². The molecule has 56 heavy (non-hydrogen) atoms. The van der Waals surface area contributed by atoms with Crippen molar-refractivity contribution in [2.45, 2.75) is 107 Å². The summed E-state index contributed by atoms with van der Waals surface area (Å²) in [4.78, 5) is 71.8. The number of nitrogens with one attached hydrogen (secondary N) is 3. The Kier molecular flexibility index (Phi) is 10.6. The summed E-state index contributed by atoms with van der Waals surface area (Å²) in [5, 5.41) is 11.6. The number of hydrogen-bond donors (Lipinski definition) is 3. The highest BCUT2D eigenvalue weighted by atomic mass is 32.2. The lowest BCUT2D eigenvalue weighted by Gasteiger charge is -2.31. The Morgan fingerprint density at radius 2 is 1.73 bits per heavy atom. The Labute approximate surface area is 326 Å². The summed E-state index contributed by atoms with van der Waals surface area (Å²) in [7, 11) is -2.51. The van der Waals surface area contributed by atoms with E-state index >= 15 is 0 Å². The number of rotatable bonds is 7. The second-order valence-corrected chi connectivity index (χ2v) is 18.5. The van der Waals surface area contributed by atoms with Crippen molar-refractivity contribution in [3.8, 4) is 16.9 Å². The normalized spacial score (nSPS) is 26.5. The van der Waals surface area contributed by atoms with Crippen molar-refractivity contribution in [2.24, 2.45) is 11.3 Å². The highest BCUT2D eigenvalue weighted by molar-refractivity contribution is 7.91. The lowest BCUT2D eigenvalue weighted by molar-refractivity contribution is -0.143. The van der Waals surface area contributed by atoms with E-state index in [4.69, 9.17) is 4.74 Å². The van der Waals surface area contributed by atoms with Gasteiger partial charge in [0.1, 0.15) is 17.6 Å². The lowest BCUT2D eigenvalue weighted by Crippen LogP contribution is -2.58. The van der Waals surface area contributed by atoms with Gasteiger partial charge in [-0.1, -0.05) is 88.2 Å². The second kappa shape index (κ2) is 15.1. The van der Waals surface area contributed by atoms with E-state index in [0.29, 0.717) is 37.7 Å². The summed E-state index contributed by atoms with van der Waals surface area (Å²) < 4.78 is 34.9. The minimum atomic E-state index is -3.92. The summed E-state index contributed by atoms with van der Waals surface area (Å²) in [5.74, 6) is -2.71. The molecule has 5 atom stereocenters. The van der Waals surface area contributed by atoms with Crippen molar-refractivity contribution in [3.05, 3.63) is 71.2 Å². The van der Waals surface area contributed by atoms with Crippen LogP contribution in [0.1, 0.15) is 84.6 Å². The van der Waals surface area contributed by atoms with E-state index in [-0.39, 0.29) is 31.0 Å². The Morgan fingerprint density at radius 3 is 2.46 bits per heavy atom. The number of fused-ring (bicyclic) bond motifs is 3. The zero-order valence-corrected chi connectivity index (χ0v) is 33.1. The standard InChI is InChI=1S/C41H50N6O8S/c1-40(2,3)38(51)43-32-18-9-7-5-6-8-15-26-22-41(26,39(52)45-56(53,54)28-19-20-28)44-35(48)33-21-27(24-46(33)36(32)49)47-37(50)34(55-4)31(23-42-47)30-17-12-14-25-13-10-11-16-29(25)30/h8,10-17,23,26-28,32-33H,5-7,9,18-22,24H2,1-4H3,(H,43,51)(H,44,48)(H,45,52)/b15-8-/t26-,27?,32+,33+,41?/m1/s1. The SMILES string of the molecule is COc1c(-c2cccc3ccccc23)cnn(C2C[C@H]3C(=O)NC4(C(=O)NS(=O)(=O)C5CC5)C[C@H]4/C=C\CCCCC[C@H](NC(=O)C(C)(C)C)C(=O)N3C2)c1=O. The first kappa shape index (κ1) is 39.2. The molecule has 0 bridgehead atoms. The fourth-order valence-electron chi connectivity index (χ4n) is 7.89. The van der Waals surface area contributed by atoms with Crippen LogP contribution in [-0.4, -0.2) is 83.3 Å². The van der Waals surface area contributed by atoms with Crippen LogP contribution in [0.4, 0.5) is 0 Å². The zero-order valence-electron chi connectivity index (χ0n) is 32.2. The molecule has 14 nitrogen and oxygen atoms in total. The fourth-order valence-corrected chi connectivity index (χ4v) is 9.25. The molecule has 0 spiro atoms. The van der Waals surface area contributed by atoms with Crippen LogP contribution in [0.15, 0.2) is 65.6 Å². The first-order valence-electron chi connectivity index (χ1n) is 19.4. The molecular weight excluding hydrogens is 737 g/mol. The van der Waals surface area contributed by atoms with Gasteiger partial charge >= 0.3 is 5.56 Å². The van der Waals surface area contributed by atoms with E-state index in [0.717, 1.165) is 29.2 Å². The average molecular weight is 787 g/mol. The minimum absolute atomic E-state index is 0.0419. The van der Waals surface area contributed by atoms with Crippen molar-refractivity contribution in [1.82, 2.24) is 30.0 Å². The van der Waals surface area contributed by atoms with Crippen LogP contribution in [0.5, 0.6) is 5.75 Å². The Bertz CT molecular complexity index is 2260. The number of benzene rings is 2. The van der Waals surface area contributed by atoms with Gasteiger partial charge in [-0.15, -0.1) is 0 Å². The highest BCUT2D eigenvalue weighted by Gasteiger charge is 2.62. The van der Waals surface area contributed by atoms with Gasteiger partial charge in [-0.05, 0) is 54.9 Å². The topological polar surface area (TPSA) is 186 Å². The number of amides is 4. The predicted molar refractivity (Wildman–Crippen MR) is 210 cm³/mol. The van der Waals surface area contributed by atoms with Gasteiger partial charge in [0.15, 0.2) is 5.75 Å². The van der Waals surface area contributed by atoms with Crippen LogP contribution in [-0.2, 0) is 29.2 Å². The van der Waals surface area contributed by atoms with Crippen molar-refractivity contribution in [3.63, 3.8) is 0 Å². The van der Waals surface area contributed by atoms with E-state index < -0.39 is 73.6 Å². The third-order valence-corrected chi connectivity index (χ3v) is 13.3. The Balaban J connectivity index is 1.25. The summed E-state index contributed by atoms with van der Waals surface area (Å²) in [6.07, 6.45) is 9.61. The quantitative estimate of drug-likeness (QED) is 0.300. The van der Waals surface area contributed by atoms with E-state index in [1.807, 2.05) is 54.6 Å². The number of methoxy groups -OCH3 is 1. The first-order valence-corrected chi connectivity index (χ1v) is 21.0. The summed E-state index contributed by atoms with van der Waals surface area (Å²) >= 11 is 0. The van der Waals surface area contributed by atoms with Gasteiger partial charge in [0.25, 0.3) is 5.91 Å². The highest BCUT2D eigenvalue weighted by Crippen LogP contribution is 2.46. The molecule has 298 valence electrons. The Hall–Kier alpha value is -5.05. The van der Waals surface area contributed by atoms with Gasteiger partial charge < -0.3 is 20.3 Å². The number of allylic oxidation sites excluding steroid dienone is 1.